The Morgan fingerprint density at radius 2 is 1.93 bits per heavy atom. The molecule has 1 aromatic heterocycles. The van der Waals surface area contributed by atoms with Gasteiger partial charge in [-0.05, 0) is 48.9 Å². The van der Waals surface area contributed by atoms with Gasteiger partial charge in [0.25, 0.3) is 0 Å². The Balaban J connectivity index is 1.72. The van der Waals surface area contributed by atoms with Crippen LogP contribution in [0.5, 0.6) is 5.75 Å². The van der Waals surface area contributed by atoms with Gasteiger partial charge >= 0.3 is 0 Å². The Hall–Kier alpha value is -2.92. The van der Waals surface area contributed by atoms with E-state index < -0.39 is 0 Å². The topological polar surface area (TPSA) is 50.3 Å². The smallest absolute Gasteiger partial charge is 0.138 e. The Kier molecular flexibility index (Phi) is 4.77. The molecule has 0 fully saturated rings. The van der Waals surface area contributed by atoms with Crippen LogP contribution in [0.2, 0.25) is 0 Å². The maximum Gasteiger partial charge on any atom is 0.138 e. The number of halogens is 1. The molecule has 0 aliphatic heterocycles. The van der Waals surface area contributed by atoms with Crippen molar-refractivity contribution < 1.29 is 4.74 Å². The van der Waals surface area contributed by atoms with Crippen LogP contribution in [0.3, 0.4) is 0 Å². The first kappa shape index (κ1) is 17.5. The lowest BCUT2D eigenvalue weighted by molar-refractivity contribution is 0.414. The van der Waals surface area contributed by atoms with E-state index in [2.05, 4.69) is 38.0 Å². The van der Waals surface area contributed by atoms with Crippen molar-refractivity contribution in [1.82, 2.24) is 9.97 Å². The number of imidazole rings is 1. The zero-order valence-corrected chi connectivity index (χ0v) is 16.6. The van der Waals surface area contributed by atoms with Gasteiger partial charge in [0.1, 0.15) is 11.6 Å². The first-order valence-corrected chi connectivity index (χ1v) is 9.37. The molecule has 0 atom stereocenters. The molecule has 4 nitrogen and oxygen atoms in total. The highest BCUT2D eigenvalue weighted by Gasteiger charge is 2.07. The van der Waals surface area contributed by atoms with Crippen molar-refractivity contribution in [2.24, 2.45) is 4.99 Å². The lowest BCUT2D eigenvalue weighted by Crippen LogP contribution is -1.91. The molecule has 4 rings (SSSR count). The standard InChI is InChI=1S/C22H18BrN3O/c1-14-7-8-15(22-25-18-5-3-4-6-19(18)26-22)12-20(14)24-13-16-11-17(23)9-10-21(16)27-2/h3-13H,1-2H3,(H,25,26). The second-order valence-corrected chi connectivity index (χ2v) is 7.16. The molecular weight excluding hydrogens is 402 g/mol. The number of benzene rings is 3. The number of methoxy groups -OCH3 is 1. The molecule has 0 saturated heterocycles. The third kappa shape index (κ3) is 3.64. The largest absolute Gasteiger partial charge is 0.496 e. The van der Waals surface area contributed by atoms with Crippen LogP contribution in [0, 0.1) is 6.92 Å². The van der Waals surface area contributed by atoms with E-state index in [0.717, 1.165) is 49.5 Å². The minimum atomic E-state index is 0.785. The highest BCUT2D eigenvalue weighted by Crippen LogP contribution is 2.28. The van der Waals surface area contributed by atoms with Gasteiger partial charge in [-0.15, -0.1) is 0 Å². The Morgan fingerprint density at radius 3 is 2.74 bits per heavy atom. The van der Waals surface area contributed by atoms with Gasteiger partial charge in [-0.25, -0.2) is 4.98 Å². The van der Waals surface area contributed by atoms with Gasteiger partial charge in [-0.3, -0.25) is 4.99 Å². The van der Waals surface area contributed by atoms with E-state index in [9.17, 15) is 0 Å². The van der Waals surface area contributed by atoms with Crippen LogP contribution in [0.15, 0.2) is 70.1 Å². The van der Waals surface area contributed by atoms with Crippen LogP contribution >= 0.6 is 15.9 Å². The molecular formula is C22H18BrN3O. The minimum absolute atomic E-state index is 0.785. The molecule has 0 saturated carbocycles. The maximum absolute atomic E-state index is 5.42. The zero-order valence-electron chi connectivity index (χ0n) is 15.0. The molecule has 0 unspecified atom stereocenters. The first-order valence-electron chi connectivity index (χ1n) is 8.57. The van der Waals surface area contributed by atoms with Crippen LogP contribution < -0.4 is 4.74 Å². The summed E-state index contributed by atoms with van der Waals surface area (Å²) in [6.45, 7) is 2.05. The van der Waals surface area contributed by atoms with E-state index in [0.29, 0.717) is 0 Å². The van der Waals surface area contributed by atoms with E-state index in [1.807, 2.05) is 61.7 Å². The summed E-state index contributed by atoms with van der Waals surface area (Å²) >= 11 is 3.50. The van der Waals surface area contributed by atoms with E-state index in [-0.39, 0.29) is 0 Å². The summed E-state index contributed by atoms with van der Waals surface area (Å²) in [5.74, 6) is 1.63. The van der Waals surface area contributed by atoms with Crippen molar-refractivity contribution in [1.29, 1.82) is 0 Å². The second-order valence-electron chi connectivity index (χ2n) is 6.25. The van der Waals surface area contributed by atoms with Crippen molar-refractivity contribution in [3.05, 3.63) is 76.3 Å². The van der Waals surface area contributed by atoms with Crippen molar-refractivity contribution in [3.63, 3.8) is 0 Å². The number of nitrogens with zero attached hydrogens (tertiary/aromatic N) is 2. The van der Waals surface area contributed by atoms with Gasteiger partial charge in [-0.2, -0.15) is 0 Å². The number of aryl methyl sites for hydroxylation is 1. The van der Waals surface area contributed by atoms with Crippen molar-refractivity contribution in [3.8, 4) is 17.1 Å². The average molecular weight is 420 g/mol. The van der Waals surface area contributed by atoms with Crippen molar-refractivity contribution in [2.75, 3.05) is 7.11 Å². The number of aromatic nitrogens is 2. The molecule has 134 valence electrons. The molecule has 1 N–H and O–H groups in total. The average Bonchev–Trinajstić information content (AvgIpc) is 3.11. The summed E-state index contributed by atoms with van der Waals surface area (Å²) in [6, 6.07) is 20.0. The number of ether oxygens (including phenoxy) is 1. The maximum atomic E-state index is 5.42. The second kappa shape index (κ2) is 7.37. The van der Waals surface area contributed by atoms with E-state index in [4.69, 9.17) is 9.73 Å². The van der Waals surface area contributed by atoms with Crippen LogP contribution in [0.25, 0.3) is 22.4 Å². The monoisotopic (exact) mass is 419 g/mol. The SMILES string of the molecule is COc1ccc(Br)cc1C=Nc1cc(-c2nc3ccccc3[nH]2)ccc1C. The van der Waals surface area contributed by atoms with Crippen molar-refractivity contribution in [2.45, 2.75) is 6.92 Å². The summed E-state index contributed by atoms with van der Waals surface area (Å²) in [5, 5.41) is 0. The fourth-order valence-electron chi connectivity index (χ4n) is 2.93. The number of hydrogen-bond donors (Lipinski definition) is 1. The molecule has 4 aromatic rings. The molecule has 0 bridgehead atoms. The van der Waals surface area contributed by atoms with Crippen LogP contribution in [-0.2, 0) is 0 Å². The van der Waals surface area contributed by atoms with Crippen molar-refractivity contribution >= 4 is 38.9 Å². The number of rotatable bonds is 4. The summed E-state index contributed by atoms with van der Waals surface area (Å²) in [7, 11) is 1.66. The van der Waals surface area contributed by atoms with Crippen LogP contribution in [0.4, 0.5) is 5.69 Å². The van der Waals surface area contributed by atoms with E-state index >= 15 is 0 Å². The third-order valence-corrected chi connectivity index (χ3v) is 4.90. The number of aliphatic imine (C=N–C) groups is 1. The van der Waals surface area contributed by atoms with Gasteiger partial charge < -0.3 is 9.72 Å². The highest BCUT2D eigenvalue weighted by atomic mass is 79.9. The molecule has 0 aliphatic carbocycles. The number of nitrogens with one attached hydrogen (secondary N) is 1. The van der Waals surface area contributed by atoms with Gasteiger partial charge in [0.15, 0.2) is 0 Å². The number of aromatic amines is 1. The fourth-order valence-corrected chi connectivity index (χ4v) is 3.31. The molecule has 0 amide bonds. The number of H-pyrrole nitrogens is 1. The molecule has 0 aliphatic rings. The van der Waals surface area contributed by atoms with Crippen LogP contribution in [-0.4, -0.2) is 23.3 Å². The zero-order chi connectivity index (χ0) is 18.8. The number of hydrogen-bond acceptors (Lipinski definition) is 3. The normalized spacial score (nSPS) is 11.4. The summed E-state index contributed by atoms with van der Waals surface area (Å²) in [4.78, 5) is 12.7. The van der Waals surface area contributed by atoms with Gasteiger partial charge in [-0.1, -0.05) is 40.2 Å². The quantitative estimate of drug-likeness (QED) is 0.408. The lowest BCUT2D eigenvalue weighted by atomic mass is 10.1. The summed E-state index contributed by atoms with van der Waals surface area (Å²) < 4.78 is 6.40. The van der Waals surface area contributed by atoms with Gasteiger partial charge in [0.2, 0.25) is 0 Å². The summed E-state index contributed by atoms with van der Waals surface area (Å²) in [6.07, 6.45) is 1.83. The van der Waals surface area contributed by atoms with Gasteiger partial charge in [0, 0.05) is 21.8 Å². The van der Waals surface area contributed by atoms with E-state index in [1.165, 1.54) is 0 Å². The number of para-hydroxylation sites is 2. The predicted molar refractivity (Wildman–Crippen MR) is 114 cm³/mol. The minimum Gasteiger partial charge on any atom is -0.496 e. The molecule has 27 heavy (non-hydrogen) atoms. The Morgan fingerprint density at radius 1 is 1.07 bits per heavy atom. The first-order chi connectivity index (χ1) is 13.1. The number of fused-ring (bicyclic) bond motifs is 1. The lowest BCUT2D eigenvalue weighted by Gasteiger charge is -2.06. The third-order valence-electron chi connectivity index (χ3n) is 4.41. The molecule has 3 aromatic carbocycles. The Labute approximate surface area is 166 Å². The fraction of sp³-hybridized carbons (Fsp3) is 0.0909. The summed E-state index contributed by atoms with van der Waals surface area (Å²) in [5.41, 5.74) is 5.90. The van der Waals surface area contributed by atoms with Crippen LogP contribution in [0.1, 0.15) is 11.1 Å². The van der Waals surface area contributed by atoms with Gasteiger partial charge in [0.05, 0.1) is 23.8 Å². The highest BCUT2D eigenvalue weighted by molar-refractivity contribution is 9.10. The molecule has 1 heterocycles. The molecule has 0 radical (unpaired) electrons. The molecule has 5 heteroatoms. The molecule has 0 spiro atoms. The van der Waals surface area contributed by atoms with E-state index in [1.54, 1.807) is 7.11 Å². The Bertz CT molecular complexity index is 1110. The predicted octanol–water partition coefficient (Wildman–Crippen LogP) is 6.06.